The molecule has 2 unspecified atom stereocenters. The van der Waals surface area contributed by atoms with Gasteiger partial charge in [-0.3, -0.25) is 14.4 Å². The number of rotatable bonds is 11. The lowest BCUT2D eigenvalue weighted by Gasteiger charge is -2.44. The Morgan fingerprint density at radius 1 is 1.15 bits per heavy atom. The molecule has 3 aliphatic heterocycles. The predicted molar refractivity (Wildman–Crippen MR) is 160 cm³/mol. The van der Waals surface area contributed by atoms with Gasteiger partial charge in [0.2, 0.25) is 17.7 Å². The van der Waals surface area contributed by atoms with Gasteiger partial charge in [0, 0.05) is 30.4 Å². The minimum Gasteiger partial charge on any atom is -0.394 e. The van der Waals surface area contributed by atoms with Gasteiger partial charge in [0.1, 0.15) is 6.04 Å². The van der Waals surface area contributed by atoms with Crippen molar-refractivity contribution in [1.29, 1.82) is 0 Å². The Kier molecular flexibility index (Phi) is 8.91. The van der Waals surface area contributed by atoms with E-state index in [-0.39, 0.29) is 35.5 Å². The van der Waals surface area contributed by atoms with Crippen LogP contribution in [0.4, 0.5) is 0 Å². The first-order valence-corrected chi connectivity index (χ1v) is 15.3. The van der Waals surface area contributed by atoms with E-state index in [0.29, 0.717) is 26.1 Å². The smallest absolute Gasteiger partial charge is 0.247 e. The molecule has 1 aromatic rings. The van der Waals surface area contributed by atoms with Crippen LogP contribution in [0.1, 0.15) is 53.0 Å². The molecule has 3 heterocycles. The normalized spacial score (nSPS) is 28.0. The molecule has 4 rings (SSSR count). The van der Waals surface area contributed by atoms with Gasteiger partial charge in [0.25, 0.3) is 0 Å². The van der Waals surface area contributed by atoms with Gasteiger partial charge >= 0.3 is 0 Å². The van der Waals surface area contributed by atoms with Crippen LogP contribution in [0, 0.1) is 17.8 Å². The zero-order valence-corrected chi connectivity index (χ0v) is 25.4. The molecule has 6 atom stereocenters. The number of amides is 3. The number of carbonyl (C=O) groups is 3. The van der Waals surface area contributed by atoms with Crippen LogP contribution in [0.5, 0.6) is 0 Å². The fraction of sp³-hybridized carbons (Fsp3) is 0.594. The Hall–Kier alpha value is -2.58. The number of hydrogen-bond acceptors (Lipinski definition) is 5. The minimum atomic E-state index is -0.751. The van der Waals surface area contributed by atoms with Gasteiger partial charge < -0.3 is 19.8 Å². The molecule has 0 aliphatic carbocycles. The van der Waals surface area contributed by atoms with Crippen LogP contribution in [-0.4, -0.2) is 84.8 Å². The average molecular weight is 568 g/mol. The van der Waals surface area contributed by atoms with Crippen LogP contribution >= 0.6 is 11.8 Å². The first kappa shape index (κ1) is 30.4. The fourth-order valence-electron chi connectivity index (χ4n) is 7.00. The summed E-state index contributed by atoms with van der Waals surface area (Å²) in [7, 11) is 0. The second-order valence-corrected chi connectivity index (χ2v) is 14.3. The molecular weight excluding hydrogens is 522 g/mol. The Balaban J connectivity index is 1.78. The summed E-state index contributed by atoms with van der Waals surface area (Å²) in [6.45, 7) is 18.6. The average Bonchev–Trinajstić information content (AvgIpc) is 3.54. The van der Waals surface area contributed by atoms with E-state index in [1.807, 2.05) is 65.0 Å². The fourth-order valence-corrected chi connectivity index (χ4v) is 9.20. The molecule has 0 aromatic heterocycles. The lowest BCUT2D eigenvalue weighted by molar-refractivity contribution is -0.149. The second-order valence-electron chi connectivity index (χ2n) is 12.7. The molecule has 1 spiro atoms. The third-order valence-corrected chi connectivity index (χ3v) is 10.8. The molecule has 40 heavy (non-hydrogen) atoms. The summed E-state index contributed by atoms with van der Waals surface area (Å²) in [5, 5.41) is 10.4. The first-order valence-electron chi connectivity index (χ1n) is 14.4. The maximum atomic E-state index is 14.5. The highest BCUT2D eigenvalue weighted by atomic mass is 32.2. The van der Waals surface area contributed by atoms with E-state index in [4.69, 9.17) is 0 Å². The summed E-state index contributed by atoms with van der Waals surface area (Å²) in [5.74, 6) is -1.56. The number of thioether (sulfide) groups is 1. The Bertz CT molecular complexity index is 1130. The van der Waals surface area contributed by atoms with E-state index in [9.17, 15) is 19.5 Å². The number of carbonyl (C=O) groups excluding carboxylic acids is 3. The standard InChI is InChI=1S/C32H45N3O4S/c1-8-17-33(19-22-13-11-10-12-14-22)28(37)25-24-15-16-32(40-24)26(25)29(38)35(23(20-36)21(3)4)27(32)30(39)34(18-9-2)31(5,6)7/h8-14,21,23-27,36H,1-2,15-20H2,3-7H3/t23-,24+,25-,26-,27?,32?/m0/s1. The molecule has 218 valence electrons. The van der Waals surface area contributed by atoms with Crippen LogP contribution in [0.15, 0.2) is 55.6 Å². The molecular formula is C32H45N3O4S. The van der Waals surface area contributed by atoms with E-state index in [1.165, 1.54) is 0 Å². The van der Waals surface area contributed by atoms with Crippen molar-refractivity contribution in [2.75, 3.05) is 19.7 Å². The van der Waals surface area contributed by atoms with E-state index >= 15 is 0 Å². The highest BCUT2D eigenvalue weighted by Gasteiger charge is 2.75. The van der Waals surface area contributed by atoms with Gasteiger partial charge in [-0.05, 0) is 45.1 Å². The molecule has 3 fully saturated rings. The van der Waals surface area contributed by atoms with Gasteiger partial charge in [-0.15, -0.1) is 24.9 Å². The van der Waals surface area contributed by atoms with Crippen molar-refractivity contribution in [3.8, 4) is 0 Å². The van der Waals surface area contributed by atoms with Gasteiger partial charge in [-0.2, -0.15) is 0 Å². The van der Waals surface area contributed by atoms with Crippen LogP contribution < -0.4 is 0 Å². The lowest BCUT2D eigenvalue weighted by Crippen LogP contribution is -2.61. The number of benzene rings is 1. The molecule has 3 amide bonds. The topological polar surface area (TPSA) is 81.2 Å². The minimum absolute atomic E-state index is 0.0314. The van der Waals surface area contributed by atoms with Crippen molar-refractivity contribution in [3.63, 3.8) is 0 Å². The third kappa shape index (κ3) is 5.13. The first-order chi connectivity index (χ1) is 18.9. The molecule has 2 bridgehead atoms. The van der Waals surface area contributed by atoms with E-state index < -0.39 is 34.2 Å². The van der Waals surface area contributed by atoms with Gasteiger partial charge in [-0.1, -0.05) is 56.3 Å². The lowest BCUT2D eigenvalue weighted by atomic mass is 9.70. The van der Waals surface area contributed by atoms with Crippen molar-refractivity contribution in [2.45, 2.75) is 81.6 Å². The van der Waals surface area contributed by atoms with Crippen molar-refractivity contribution in [3.05, 3.63) is 61.2 Å². The zero-order valence-electron chi connectivity index (χ0n) is 24.6. The largest absolute Gasteiger partial charge is 0.394 e. The molecule has 3 saturated heterocycles. The summed E-state index contributed by atoms with van der Waals surface area (Å²) in [6, 6.07) is 8.57. The van der Waals surface area contributed by atoms with E-state index in [2.05, 4.69) is 13.2 Å². The van der Waals surface area contributed by atoms with Crippen LogP contribution in [0.3, 0.4) is 0 Å². The number of nitrogens with zero attached hydrogens (tertiary/aromatic N) is 3. The number of aliphatic hydroxyl groups excluding tert-OH is 1. The quantitative estimate of drug-likeness (QED) is 0.407. The van der Waals surface area contributed by atoms with Crippen molar-refractivity contribution in [2.24, 2.45) is 17.8 Å². The van der Waals surface area contributed by atoms with Crippen LogP contribution in [0.2, 0.25) is 0 Å². The van der Waals surface area contributed by atoms with Gasteiger partial charge in [-0.25, -0.2) is 0 Å². The maximum absolute atomic E-state index is 14.5. The summed E-state index contributed by atoms with van der Waals surface area (Å²) in [4.78, 5) is 48.6. The maximum Gasteiger partial charge on any atom is 0.247 e. The number of aliphatic hydroxyl groups is 1. The second kappa shape index (κ2) is 11.7. The number of likely N-dealkylation sites (tertiary alicyclic amines) is 1. The summed E-state index contributed by atoms with van der Waals surface area (Å²) >= 11 is 1.67. The molecule has 3 aliphatic rings. The van der Waals surface area contributed by atoms with Gasteiger partial charge in [0.15, 0.2) is 0 Å². The summed E-state index contributed by atoms with van der Waals surface area (Å²) < 4.78 is -0.710. The van der Waals surface area contributed by atoms with Gasteiger partial charge in [0.05, 0.1) is 29.2 Å². The van der Waals surface area contributed by atoms with E-state index in [0.717, 1.165) is 12.0 Å². The van der Waals surface area contributed by atoms with E-state index in [1.54, 1.807) is 38.6 Å². The molecule has 0 radical (unpaired) electrons. The predicted octanol–water partition coefficient (Wildman–Crippen LogP) is 4.12. The Morgan fingerprint density at radius 3 is 2.35 bits per heavy atom. The zero-order chi connectivity index (χ0) is 29.4. The third-order valence-electron chi connectivity index (χ3n) is 8.84. The monoisotopic (exact) mass is 567 g/mol. The highest BCUT2D eigenvalue weighted by molar-refractivity contribution is 8.02. The molecule has 7 nitrogen and oxygen atoms in total. The Morgan fingerprint density at radius 2 is 1.80 bits per heavy atom. The summed E-state index contributed by atoms with van der Waals surface area (Å²) in [6.07, 6.45) is 4.91. The van der Waals surface area contributed by atoms with Crippen molar-refractivity contribution < 1.29 is 19.5 Å². The molecule has 0 saturated carbocycles. The number of hydrogen-bond donors (Lipinski definition) is 1. The summed E-state index contributed by atoms with van der Waals surface area (Å²) in [5.41, 5.74) is 0.523. The van der Waals surface area contributed by atoms with Crippen molar-refractivity contribution in [1.82, 2.24) is 14.7 Å². The van der Waals surface area contributed by atoms with Crippen LogP contribution in [-0.2, 0) is 20.9 Å². The Labute approximate surface area is 243 Å². The number of fused-ring (bicyclic) bond motifs is 1. The van der Waals surface area contributed by atoms with Crippen molar-refractivity contribution >= 4 is 29.5 Å². The molecule has 8 heteroatoms. The SMILES string of the molecule is C=CCN(Cc1ccccc1)C(=O)[C@@H]1[C@H]2C(=O)N([C@@H](CO)C(C)C)C(C(=O)N(CC=C)C(C)(C)C)C23CC[C@H]1S3. The van der Waals surface area contributed by atoms with Crippen LogP contribution in [0.25, 0.3) is 0 Å². The molecule has 1 aromatic carbocycles. The highest BCUT2D eigenvalue weighted by Crippen LogP contribution is 2.67. The molecule has 1 N–H and O–H groups in total.